The van der Waals surface area contributed by atoms with Crippen LogP contribution in [0.25, 0.3) is 0 Å². The zero-order valence-corrected chi connectivity index (χ0v) is 9.04. The Morgan fingerprint density at radius 1 is 1.67 bits per heavy atom. The van der Waals surface area contributed by atoms with E-state index in [4.69, 9.17) is 0 Å². The molecular weight excluding hydrogens is 225 g/mol. The first-order chi connectivity index (χ1) is 6.92. The standard InChI is InChI=1S/C8H12FNO4S/c1-3-15(12,13)10-5-6(9)4-7(10)8(11)14-2/h3,6-7H,1,4-5H2,2H3/t6-,7-/m0/s1. The van der Waals surface area contributed by atoms with Gasteiger partial charge in [0.15, 0.2) is 0 Å². The highest BCUT2D eigenvalue weighted by Crippen LogP contribution is 2.24. The summed E-state index contributed by atoms with van der Waals surface area (Å²) in [5.74, 6) is -0.749. The number of rotatable bonds is 3. The topological polar surface area (TPSA) is 63.7 Å². The van der Waals surface area contributed by atoms with Crippen LogP contribution in [0.15, 0.2) is 12.0 Å². The maximum absolute atomic E-state index is 13.0. The van der Waals surface area contributed by atoms with E-state index in [1.54, 1.807) is 0 Å². The first-order valence-corrected chi connectivity index (χ1v) is 5.79. The SMILES string of the molecule is C=CS(=O)(=O)N1C[C@@H](F)C[C@H]1C(=O)OC. The van der Waals surface area contributed by atoms with Gasteiger partial charge in [-0.05, 0) is 0 Å². The quantitative estimate of drug-likeness (QED) is 0.650. The minimum absolute atomic E-state index is 0.167. The van der Waals surface area contributed by atoms with Crippen LogP contribution in [0, 0.1) is 0 Å². The van der Waals surface area contributed by atoms with Gasteiger partial charge in [0.2, 0.25) is 10.0 Å². The highest BCUT2D eigenvalue weighted by atomic mass is 32.2. The molecule has 2 atom stereocenters. The fourth-order valence-electron chi connectivity index (χ4n) is 1.48. The van der Waals surface area contributed by atoms with Gasteiger partial charge in [0, 0.05) is 18.4 Å². The molecule has 0 aromatic rings. The van der Waals surface area contributed by atoms with Crippen molar-refractivity contribution in [1.82, 2.24) is 4.31 Å². The van der Waals surface area contributed by atoms with E-state index in [1.807, 2.05) is 0 Å². The van der Waals surface area contributed by atoms with E-state index in [2.05, 4.69) is 11.3 Å². The van der Waals surface area contributed by atoms with Gasteiger partial charge in [0.25, 0.3) is 0 Å². The van der Waals surface area contributed by atoms with Crippen LogP contribution in [-0.2, 0) is 19.6 Å². The van der Waals surface area contributed by atoms with Gasteiger partial charge in [-0.2, -0.15) is 4.31 Å². The molecule has 1 heterocycles. The van der Waals surface area contributed by atoms with E-state index >= 15 is 0 Å². The van der Waals surface area contributed by atoms with Gasteiger partial charge in [0.1, 0.15) is 12.2 Å². The lowest BCUT2D eigenvalue weighted by molar-refractivity contribution is -0.144. The third-order valence-electron chi connectivity index (χ3n) is 2.22. The van der Waals surface area contributed by atoms with Crippen LogP contribution < -0.4 is 0 Å². The summed E-state index contributed by atoms with van der Waals surface area (Å²) in [6.45, 7) is 2.79. The predicted octanol–water partition coefficient (Wildman–Crippen LogP) is 0.0451. The largest absolute Gasteiger partial charge is 0.468 e. The molecule has 1 rings (SSSR count). The second kappa shape index (κ2) is 4.28. The Labute approximate surface area is 87.6 Å². The predicted molar refractivity (Wildman–Crippen MR) is 51.1 cm³/mol. The Bertz CT molecular complexity index is 367. The molecule has 0 unspecified atom stereocenters. The first kappa shape index (κ1) is 12.1. The van der Waals surface area contributed by atoms with Gasteiger partial charge in [-0.15, -0.1) is 0 Å². The van der Waals surface area contributed by atoms with E-state index in [0.29, 0.717) is 5.41 Å². The maximum Gasteiger partial charge on any atom is 0.324 e. The average Bonchev–Trinajstić information content (AvgIpc) is 2.60. The van der Waals surface area contributed by atoms with Crippen molar-refractivity contribution in [3.8, 4) is 0 Å². The number of sulfonamides is 1. The minimum Gasteiger partial charge on any atom is -0.468 e. The molecule has 0 radical (unpaired) electrons. The summed E-state index contributed by atoms with van der Waals surface area (Å²) >= 11 is 0. The third-order valence-corrected chi connectivity index (χ3v) is 3.69. The van der Waals surface area contributed by atoms with E-state index in [9.17, 15) is 17.6 Å². The molecule has 0 spiro atoms. The number of nitrogens with zero attached hydrogens (tertiary/aromatic N) is 1. The van der Waals surface area contributed by atoms with Gasteiger partial charge < -0.3 is 4.74 Å². The Balaban J connectivity index is 2.97. The molecule has 1 saturated heterocycles. The lowest BCUT2D eigenvalue weighted by atomic mass is 10.2. The van der Waals surface area contributed by atoms with Crippen molar-refractivity contribution in [3.05, 3.63) is 12.0 Å². The number of halogens is 1. The van der Waals surface area contributed by atoms with Crippen molar-refractivity contribution < 1.29 is 22.3 Å². The van der Waals surface area contributed by atoms with Crippen LogP contribution in [-0.4, -0.2) is 44.6 Å². The van der Waals surface area contributed by atoms with Crippen LogP contribution in [0.3, 0.4) is 0 Å². The van der Waals surface area contributed by atoms with Crippen LogP contribution in [0.2, 0.25) is 0 Å². The minimum atomic E-state index is -3.78. The molecule has 0 amide bonds. The zero-order chi connectivity index (χ0) is 11.6. The molecule has 1 aliphatic rings. The molecule has 0 N–H and O–H groups in total. The summed E-state index contributed by atoms with van der Waals surface area (Å²) in [5, 5.41) is 0.695. The second-order valence-electron chi connectivity index (χ2n) is 3.15. The van der Waals surface area contributed by atoms with Gasteiger partial charge in [0.05, 0.1) is 7.11 Å². The molecule has 0 saturated carbocycles. The van der Waals surface area contributed by atoms with E-state index in [0.717, 1.165) is 11.4 Å². The number of carbonyl (C=O) groups is 1. The summed E-state index contributed by atoms with van der Waals surface area (Å²) < 4.78 is 41.0. The summed E-state index contributed by atoms with van der Waals surface area (Å²) in [6.07, 6.45) is -1.51. The lowest BCUT2D eigenvalue weighted by Crippen LogP contribution is -2.40. The number of ether oxygens (including phenoxy) is 1. The maximum atomic E-state index is 13.0. The first-order valence-electron chi connectivity index (χ1n) is 4.28. The molecule has 0 aliphatic carbocycles. The summed E-state index contributed by atoms with van der Waals surface area (Å²) in [4.78, 5) is 11.2. The van der Waals surface area contributed by atoms with Crippen LogP contribution in [0.1, 0.15) is 6.42 Å². The van der Waals surface area contributed by atoms with Gasteiger partial charge in [-0.3, -0.25) is 4.79 Å². The summed E-state index contributed by atoms with van der Waals surface area (Å²) in [6, 6.07) is -1.08. The summed E-state index contributed by atoms with van der Waals surface area (Å²) in [7, 11) is -2.65. The van der Waals surface area contributed by atoms with E-state index in [-0.39, 0.29) is 13.0 Å². The normalized spacial score (nSPS) is 27.6. The van der Waals surface area contributed by atoms with Gasteiger partial charge in [-0.25, -0.2) is 12.8 Å². The van der Waals surface area contributed by atoms with Crippen molar-refractivity contribution in [3.63, 3.8) is 0 Å². The number of hydrogen-bond donors (Lipinski definition) is 0. The smallest absolute Gasteiger partial charge is 0.324 e. The number of carbonyl (C=O) groups excluding carboxylic acids is 1. The monoisotopic (exact) mass is 237 g/mol. The van der Waals surface area contributed by atoms with Crippen molar-refractivity contribution in [2.45, 2.75) is 18.6 Å². The number of methoxy groups -OCH3 is 1. The Kier molecular flexibility index (Phi) is 3.46. The van der Waals surface area contributed by atoms with E-state index < -0.39 is 28.2 Å². The highest BCUT2D eigenvalue weighted by Gasteiger charge is 2.43. The average molecular weight is 237 g/mol. The zero-order valence-electron chi connectivity index (χ0n) is 8.22. The molecule has 0 bridgehead atoms. The van der Waals surface area contributed by atoms with Gasteiger partial charge >= 0.3 is 5.97 Å². The molecule has 5 nitrogen and oxygen atoms in total. The molecule has 15 heavy (non-hydrogen) atoms. The van der Waals surface area contributed by atoms with E-state index in [1.165, 1.54) is 0 Å². The number of alkyl halides is 1. The number of hydrogen-bond acceptors (Lipinski definition) is 4. The Morgan fingerprint density at radius 3 is 2.73 bits per heavy atom. The summed E-state index contributed by atoms with van der Waals surface area (Å²) in [5.41, 5.74) is 0. The molecule has 0 aromatic heterocycles. The molecule has 0 aromatic carbocycles. The Hall–Kier alpha value is -0.950. The van der Waals surface area contributed by atoms with Crippen molar-refractivity contribution >= 4 is 16.0 Å². The molecule has 86 valence electrons. The van der Waals surface area contributed by atoms with Crippen molar-refractivity contribution in [2.24, 2.45) is 0 Å². The van der Waals surface area contributed by atoms with Crippen LogP contribution in [0.5, 0.6) is 0 Å². The molecular formula is C8H12FNO4S. The number of esters is 1. The van der Waals surface area contributed by atoms with Gasteiger partial charge in [-0.1, -0.05) is 6.58 Å². The molecule has 1 aliphatic heterocycles. The third kappa shape index (κ3) is 2.35. The lowest BCUT2D eigenvalue weighted by Gasteiger charge is -2.19. The van der Waals surface area contributed by atoms with Crippen LogP contribution in [0.4, 0.5) is 4.39 Å². The van der Waals surface area contributed by atoms with Crippen molar-refractivity contribution in [2.75, 3.05) is 13.7 Å². The molecule has 1 fully saturated rings. The highest BCUT2D eigenvalue weighted by molar-refractivity contribution is 7.92. The fourth-order valence-corrected chi connectivity index (χ4v) is 2.57. The fraction of sp³-hybridized carbons (Fsp3) is 0.625. The van der Waals surface area contributed by atoms with Crippen molar-refractivity contribution in [1.29, 1.82) is 0 Å². The Morgan fingerprint density at radius 2 is 2.27 bits per heavy atom. The van der Waals surface area contributed by atoms with Crippen LogP contribution >= 0.6 is 0 Å². The molecule has 7 heteroatoms. The second-order valence-corrected chi connectivity index (χ2v) is 4.99.